The first-order valence-electron chi connectivity index (χ1n) is 11.5. The van der Waals surface area contributed by atoms with Gasteiger partial charge in [-0.05, 0) is 61.0 Å². The third-order valence-corrected chi connectivity index (χ3v) is 5.55. The zero-order valence-corrected chi connectivity index (χ0v) is 20.6. The summed E-state index contributed by atoms with van der Waals surface area (Å²) < 4.78 is 21.7. The number of methoxy groups -OCH3 is 2. The minimum atomic E-state index is -1.15. The van der Waals surface area contributed by atoms with Crippen LogP contribution in [-0.4, -0.2) is 52.8 Å². The molecular formula is C27H27N3O7. The molecular weight excluding hydrogens is 478 g/mol. The van der Waals surface area contributed by atoms with E-state index in [2.05, 4.69) is 9.97 Å². The Bertz CT molecular complexity index is 1370. The number of amides is 1. The number of hydrogen-bond donors (Lipinski definition) is 2. The Kier molecular flexibility index (Phi) is 7.77. The zero-order valence-electron chi connectivity index (χ0n) is 20.6. The first kappa shape index (κ1) is 25.4. The number of carbonyl (C=O) groups excluding carboxylic acids is 1. The number of hydrogen-bond acceptors (Lipinski definition) is 7. The quantitative estimate of drug-likeness (QED) is 0.315. The summed E-state index contributed by atoms with van der Waals surface area (Å²) >= 11 is 0. The lowest BCUT2D eigenvalue weighted by atomic mass is 10.2. The minimum absolute atomic E-state index is 0.0442. The van der Waals surface area contributed by atoms with E-state index in [0.29, 0.717) is 22.9 Å². The Morgan fingerprint density at radius 2 is 1.54 bits per heavy atom. The van der Waals surface area contributed by atoms with E-state index >= 15 is 0 Å². The van der Waals surface area contributed by atoms with Gasteiger partial charge in [-0.25, -0.2) is 9.78 Å². The Morgan fingerprint density at radius 1 is 0.919 bits per heavy atom. The second kappa shape index (κ2) is 11.3. The van der Waals surface area contributed by atoms with Crippen LogP contribution in [-0.2, 0) is 11.3 Å². The summed E-state index contributed by atoms with van der Waals surface area (Å²) in [5.74, 6) is 1.74. The molecule has 1 unspecified atom stereocenters. The third kappa shape index (κ3) is 6.49. The highest BCUT2D eigenvalue weighted by Crippen LogP contribution is 2.25. The maximum absolute atomic E-state index is 12.7. The van der Waals surface area contributed by atoms with Crippen LogP contribution in [0.3, 0.4) is 0 Å². The van der Waals surface area contributed by atoms with Crippen LogP contribution in [0.1, 0.15) is 24.4 Å². The van der Waals surface area contributed by atoms with E-state index in [4.69, 9.17) is 18.9 Å². The van der Waals surface area contributed by atoms with Crippen LogP contribution in [0.25, 0.3) is 11.0 Å². The maximum atomic E-state index is 12.7. The number of aromatic nitrogens is 2. The summed E-state index contributed by atoms with van der Waals surface area (Å²) in [6.07, 6.45) is -1.13. The number of carboxylic acid groups (broad SMARTS) is 1. The van der Waals surface area contributed by atoms with Gasteiger partial charge in [0.25, 0.3) is 0 Å². The molecule has 0 radical (unpaired) electrons. The van der Waals surface area contributed by atoms with Gasteiger partial charge < -0.3 is 29.0 Å². The highest BCUT2D eigenvalue weighted by atomic mass is 16.6. The zero-order chi connectivity index (χ0) is 26.4. The summed E-state index contributed by atoms with van der Waals surface area (Å²) in [6.45, 7) is 1.41. The summed E-state index contributed by atoms with van der Waals surface area (Å²) in [5.41, 5.74) is 2.37. The van der Waals surface area contributed by atoms with Crippen LogP contribution in [0.5, 0.6) is 23.0 Å². The number of nitrogens with one attached hydrogen (secondary N) is 1. The smallest absolute Gasteiger partial charge is 0.416 e. The van der Waals surface area contributed by atoms with Crippen LogP contribution < -0.4 is 18.9 Å². The molecule has 0 aliphatic heterocycles. The van der Waals surface area contributed by atoms with Crippen LogP contribution in [0.15, 0.2) is 66.7 Å². The van der Waals surface area contributed by atoms with Crippen molar-refractivity contribution in [2.75, 3.05) is 20.8 Å². The number of carboxylic acids is 1. The second-order valence-corrected chi connectivity index (χ2v) is 8.20. The molecule has 0 aliphatic rings. The average Bonchev–Trinajstić information content (AvgIpc) is 3.33. The summed E-state index contributed by atoms with van der Waals surface area (Å²) in [4.78, 5) is 32.9. The second-order valence-electron chi connectivity index (χ2n) is 8.20. The average molecular weight is 506 g/mol. The molecule has 0 saturated heterocycles. The molecule has 1 atom stereocenters. The van der Waals surface area contributed by atoms with Crippen LogP contribution in [0, 0.1) is 0 Å². The topological polar surface area (TPSA) is 123 Å². The van der Waals surface area contributed by atoms with E-state index in [0.717, 1.165) is 21.7 Å². The van der Waals surface area contributed by atoms with Crippen molar-refractivity contribution in [2.45, 2.75) is 19.6 Å². The number of benzene rings is 3. The Morgan fingerprint density at radius 3 is 2.19 bits per heavy atom. The van der Waals surface area contributed by atoms with E-state index in [9.17, 15) is 14.7 Å². The van der Waals surface area contributed by atoms with E-state index in [1.807, 2.05) is 25.1 Å². The third-order valence-electron chi connectivity index (χ3n) is 5.55. The van der Waals surface area contributed by atoms with E-state index in [-0.39, 0.29) is 18.4 Å². The fraction of sp³-hybridized carbons (Fsp3) is 0.222. The van der Waals surface area contributed by atoms with Crippen molar-refractivity contribution in [3.63, 3.8) is 0 Å². The fourth-order valence-corrected chi connectivity index (χ4v) is 3.64. The SMILES string of the molecule is COc1ccc(OC(=O)N(CC(=O)O)Cc2ccc(OC(C)c3nc4ccc(OC)cc4[nH]3)cc2)cc1. The van der Waals surface area contributed by atoms with Gasteiger partial charge in [-0.1, -0.05) is 12.1 Å². The Labute approximate surface area is 213 Å². The normalized spacial score (nSPS) is 11.5. The predicted molar refractivity (Wildman–Crippen MR) is 135 cm³/mol. The van der Waals surface area contributed by atoms with Gasteiger partial charge in [0.15, 0.2) is 6.10 Å². The summed E-state index contributed by atoms with van der Waals surface area (Å²) in [7, 11) is 3.14. The molecule has 0 spiro atoms. The fourth-order valence-electron chi connectivity index (χ4n) is 3.64. The van der Waals surface area contributed by atoms with Crippen molar-refractivity contribution in [1.29, 1.82) is 0 Å². The number of aromatic amines is 1. The molecule has 4 rings (SSSR count). The largest absolute Gasteiger partial charge is 0.497 e. The summed E-state index contributed by atoms with van der Waals surface area (Å²) in [5, 5.41) is 9.28. The molecule has 192 valence electrons. The molecule has 0 aliphatic carbocycles. The molecule has 2 N–H and O–H groups in total. The van der Waals surface area contributed by atoms with Crippen molar-refractivity contribution < 1.29 is 33.6 Å². The molecule has 0 bridgehead atoms. The highest BCUT2D eigenvalue weighted by molar-refractivity contribution is 5.78. The molecule has 37 heavy (non-hydrogen) atoms. The van der Waals surface area contributed by atoms with Gasteiger partial charge in [0, 0.05) is 12.6 Å². The van der Waals surface area contributed by atoms with E-state index < -0.39 is 18.6 Å². The van der Waals surface area contributed by atoms with Gasteiger partial charge in [0.1, 0.15) is 35.4 Å². The van der Waals surface area contributed by atoms with Gasteiger partial charge in [-0.3, -0.25) is 9.69 Å². The number of nitrogens with zero attached hydrogens (tertiary/aromatic N) is 2. The predicted octanol–water partition coefficient (Wildman–Crippen LogP) is 4.81. The van der Waals surface area contributed by atoms with Gasteiger partial charge in [-0.2, -0.15) is 0 Å². The van der Waals surface area contributed by atoms with Crippen molar-refractivity contribution >= 4 is 23.1 Å². The van der Waals surface area contributed by atoms with Crippen LogP contribution >= 0.6 is 0 Å². The van der Waals surface area contributed by atoms with Gasteiger partial charge in [0.2, 0.25) is 0 Å². The van der Waals surface area contributed by atoms with Crippen molar-refractivity contribution in [1.82, 2.24) is 14.9 Å². The molecule has 10 nitrogen and oxygen atoms in total. The lowest BCUT2D eigenvalue weighted by molar-refractivity contribution is -0.138. The molecule has 1 amide bonds. The van der Waals surface area contributed by atoms with Crippen molar-refractivity contribution in [3.8, 4) is 23.0 Å². The van der Waals surface area contributed by atoms with Crippen LogP contribution in [0.4, 0.5) is 4.79 Å². The number of H-pyrrole nitrogens is 1. The number of aliphatic carboxylic acids is 1. The first-order chi connectivity index (χ1) is 17.8. The molecule has 3 aromatic carbocycles. The molecule has 10 heteroatoms. The molecule has 0 fully saturated rings. The van der Waals surface area contributed by atoms with Crippen LogP contribution in [0.2, 0.25) is 0 Å². The Hall–Kier alpha value is -4.73. The molecule has 1 aromatic heterocycles. The lowest BCUT2D eigenvalue weighted by Crippen LogP contribution is -2.37. The van der Waals surface area contributed by atoms with E-state index in [1.165, 1.54) is 7.11 Å². The van der Waals surface area contributed by atoms with Crippen molar-refractivity contribution in [3.05, 3.63) is 78.1 Å². The minimum Gasteiger partial charge on any atom is -0.497 e. The van der Waals surface area contributed by atoms with Gasteiger partial charge in [-0.15, -0.1) is 0 Å². The summed E-state index contributed by atoms with van der Waals surface area (Å²) in [6, 6.07) is 19.1. The number of ether oxygens (including phenoxy) is 4. The number of rotatable bonds is 10. The van der Waals surface area contributed by atoms with Crippen molar-refractivity contribution in [2.24, 2.45) is 0 Å². The number of carbonyl (C=O) groups is 2. The molecule has 4 aromatic rings. The van der Waals surface area contributed by atoms with E-state index in [1.54, 1.807) is 55.6 Å². The number of imidazole rings is 1. The number of fused-ring (bicyclic) bond motifs is 1. The van der Waals surface area contributed by atoms with Gasteiger partial charge >= 0.3 is 12.1 Å². The highest BCUT2D eigenvalue weighted by Gasteiger charge is 2.20. The maximum Gasteiger partial charge on any atom is 0.416 e. The Balaban J connectivity index is 1.40. The first-order valence-corrected chi connectivity index (χ1v) is 11.5. The molecule has 1 heterocycles. The standard InChI is InChI=1S/C27H27N3O7/c1-17(26-28-23-13-12-22(35-3)14-24(23)29-26)36-20-6-4-18(5-7-20)15-30(16-25(31)32)27(33)37-21-10-8-19(34-2)9-11-21/h4-14,17H,15-16H2,1-3H3,(H,28,29)(H,31,32). The van der Waals surface area contributed by atoms with Gasteiger partial charge in [0.05, 0.1) is 25.3 Å². The monoisotopic (exact) mass is 505 g/mol. The lowest BCUT2D eigenvalue weighted by Gasteiger charge is -2.20. The molecule has 0 saturated carbocycles.